The molecule has 0 aromatic carbocycles. The van der Waals surface area contributed by atoms with Gasteiger partial charge in [0.05, 0.1) is 12.2 Å². The number of piperidine rings is 1. The maximum atomic E-state index is 4.65. The van der Waals surface area contributed by atoms with E-state index in [1.807, 2.05) is 24.0 Å². The Morgan fingerprint density at radius 2 is 2.22 bits per heavy atom. The third kappa shape index (κ3) is 5.53. The van der Waals surface area contributed by atoms with Crippen molar-refractivity contribution in [1.29, 1.82) is 0 Å². The van der Waals surface area contributed by atoms with Gasteiger partial charge >= 0.3 is 0 Å². The van der Waals surface area contributed by atoms with E-state index < -0.39 is 0 Å². The predicted octanol–water partition coefficient (Wildman–Crippen LogP) is 1.74. The van der Waals surface area contributed by atoms with Crippen LogP contribution < -0.4 is 10.6 Å². The van der Waals surface area contributed by atoms with E-state index in [0.717, 1.165) is 37.3 Å². The average Bonchev–Trinajstić information content (AvgIpc) is 2.98. The normalized spacial score (nSPS) is 19.8. The third-order valence-electron chi connectivity index (χ3n) is 4.58. The second-order valence-corrected chi connectivity index (χ2v) is 6.16. The van der Waals surface area contributed by atoms with Crippen LogP contribution in [-0.2, 0) is 13.6 Å². The molecule has 0 radical (unpaired) electrons. The van der Waals surface area contributed by atoms with E-state index in [0.29, 0.717) is 6.54 Å². The van der Waals surface area contributed by atoms with Gasteiger partial charge in [0.2, 0.25) is 0 Å². The summed E-state index contributed by atoms with van der Waals surface area (Å²) in [5.74, 6) is 0.888. The van der Waals surface area contributed by atoms with Crippen LogP contribution in [0.4, 0.5) is 0 Å². The van der Waals surface area contributed by atoms with Gasteiger partial charge < -0.3 is 10.6 Å². The average molecular weight is 320 g/mol. The Bertz CT molecular complexity index is 481. The smallest absolute Gasteiger partial charge is 0.191 e. The van der Waals surface area contributed by atoms with Crippen molar-refractivity contribution in [1.82, 2.24) is 25.3 Å². The second-order valence-electron chi connectivity index (χ2n) is 6.16. The van der Waals surface area contributed by atoms with E-state index in [9.17, 15) is 0 Å². The first-order chi connectivity index (χ1) is 11.2. The van der Waals surface area contributed by atoms with Gasteiger partial charge in [-0.1, -0.05) is 13.3 Å². The Labute approximate surface area is 140 Å². The molecule has 6 heteroatoms. The van der Waals surface area contributed by atoms with E-state index in [1.54, 1.807) is 0 Å². The number of hydrogen-bond acceptors (Lipinski definition) is 3. The number of likely N-dealkylation sites (tertiary alicyclic amines) is 1. The molecule has 1 aromatic rings. The first kappa shape index (κ1) is 17.8. The van der Waals surface area contributed by atoms with Gasteiger partial charge in [-0.15, -0.1) is 0 Å². The molecule has 2 rings (SSSR count). The van der Waals surface area contributed by atoms with Crippen molar-refractivity contribution in [2.24, 2.45) is 12.0 Å². The van der Waals surface area contributed by atoms with Crippen LogP contribution in [0.1, 0.15) is 45.2 Å². The quantitative estimate of drug-likeness (QED) is 0.593. The third-order valence-corrected chi connectivity index (χ3v) is 4.58. The second kappa shape index (κ2) is 9.55. The van der Waals surface area contributed by atoms with Crippen LogP contribution in [0.2, 0.25) is 0 Å². The summed E-state index contributed by atoms with van der Waals surface area (Å²) in [6.45, 7) is 9.19. The SMILES string of the molecule is CCNC(=NCc1ccnn1C)NCCN1CCCCC1CC. The maximum absolute atomic E-state index is 4.65. The molecule has 1 aliphatic heterocycles. The zero-order chi connectivity index (χ0) is 16.5. The zero-order valence-corrected chi connectivity index (χ0v) is 14.9. The molecule has 0 saturated carbocycles. The number of aliphatic imine (C=N–C) groups is 1. The van der Waals surface area contributed by atoms with E-state index in [2.05, 4.69) is 39.5 Å². The van der Waals surface area contributed by atoms with E-state index in [1.165, 1.54) is 32.2 Å². The van der Waals surface area contributed by atoms with Gasteiger partial charge in [0.25, 0.3) is 0 Å². The fourth-order valence-electron chi connectivity index (χ4n) is 3.19. The van der Waals surface area contributed by atoms with Gasteiger partial charge in [0.15, 0.2) is 5.96 Å². The summed E-state index contributed by atoms with van der Waals surface area (Å²) in [5, 5.41) is 11.0. The lowest BCUT2D eigenvalue weighted by molar-refractivity contribution is 0.147. The van der Waals surface area contributed by atoms with Crippen LogP contribution in [-0.4, -0.2) is 52.9 Å². The topological polar surface area (TPSA) is 57.5 Å². The highest BCUT2D eigenvalue weighted by Crippen LogP contribution is 2.18. The fraction of sp³-hybridized carbons (Fsp3) is 0.765. The van der Waals surface area contributed by atoms with Crippen molar-refractivity contribution in [3.05, 3.63) is 18.0 Å². The fourth-order valence-corrected chi connectivity index (χ4v) is 3.19. The number of nitrogens with one attached hydrogen (secondary N) is 2. The minimum absolute atomic E-state index is 0.646. The van der Waals surface area contributed by atoms with Crippen molar-refractivity contribution in [2.75, 3.05) is 26.2 Å². The van der Waals surface area contributed by atoms with Crippen LogP contribution in [0.5, 0.6) is 0 Å². The molecule has 130 valence electrons. The summed E-state index contributed by atoms with van der Waals surface area (Å²) in [5.41, 5.74) is 1.12. The molecule has 23 heavy (non-hydrogen) atoms. The van der Waals surface area contributed by atoms with Gasteiger partial charge in [-0.3, -0.25) is 9.58 Å². The van der Waals surface area contributed by atoms with Gasteiger partial charge in [0, 0.05) is 38.9 Å². The molecule has 0 aliphatic carbocycles. The number of rotatable bonds is 7. The lowest BCUT2D eigenvalue weighted by atomic mass is 10.0. The summed E-state index contributed by atoms with van der Waals surface area (Å²) in [7, 11) is 1.95. The van der Waals surface area contributed by atoms with Crippen molar-refractivity contribution in [2.45, 2.75) is 52.1 Å². The van der Waals surface area contributed by atoms with Crippen molar-refractivity contribution in [3.63, 3.8) is 0 Å². The Kier molecular flexibility index (Phi) is 7.39. The molecule has 1 saturated heterocycles. The van der Waals surface area contributed by atoms with E-state index in [4.69, 9.17) is 0 Å². The molecular weight excluding hydrogens is 288 g/mol. The predicted molar refractivity (Wildman–Crippen MR) is 95.5 cm³/mol. The first-order valence-corrected chi connectivity index (χ1v) is 8.97. The van der Waals surface area contributed by atoms with Crippen LogP contribution in [0.3, 0.4) is 0 Å². The summed E-state index contributed by atoms with van der Waals surface area (Å²) in [4.78, 5) is 7.28. The summed E-state index contributed by atoms with van der Waals surface area (Å²) in [6.07, 6.45) is 7.15. The Hall–Kier alpha value is -1.56. The molecule has 1 atom stereocenters. The lowest BCUT2D eigenvalue weighted by Crippen LogP contribution is -2.45. The molecule has 1 unspecified atom stereocenters. The number of hydrogen-bond donors (Lipinski definition) is 2. The highest BCUT2D eigenvalue weighted by atomic mass is 15.3. The first-order valence-electron chi connectivity index (χ1n) is 8.97. The molecule has 0 amide bonds. The van der Waals surface area contributed by atoms with Gasteiger partial charge in [-0.2, -0.15) is 5.10 Å². The van der Waals surface area contributed by atoms with Gasteiger partial charge in [-0.25, -0.2) is 4.99 Å². The number of guanidine groups is 1. The molecule has 1 aromatic heterocycles. The van der Waals surface area contributed by atoms with Crippen LogP contribution in [0.25, 0.3) is 0 Å². The van der Waals surface area contributed by atoms with E-state index in [-0.39, 0.29) is 0 Å². The molecule has 1 aliphatic rings. The van der Waals surface area contributed by atoms with Crippen LogP contribution in [0.15, 0.2) is 17.3 Å². The molecule has 2 heterocycles. The highest BCUT2D eigenvalue weighted by Gasteiger charge is 2.19. The number of aryl methyl sites for hydroxylation is 1. The zero-order valence-electron chi connectivity index (χ0n) is 14.9. The van der Waals surface area contributed by atoms with E-state index >= 15 is 0 Å². The van der Waals surface area contributed by atoms with Gasteiger partial charge in [0.1, 0.15) is 0 Å². The lowest BCUT2D eigenvalue weighted by Gasteiger charge is -2.35. The Morgan fingerprint density at radius 1 is 1.35 bits per heavy atom. The minimum Gasteiger partial charge on any atom is -0.357 e. The van der Waals surface area contributed by atoms with Crippen LogP contribution in [0, 0.1) is 0 Å². The number of nitrogens with zero attached hydrogens (tertiary/aromatic N) is 4. The van der Waals surface area contributed by atoms with Crippen LogP contribution >= 0.6 is 0 Å². The maximum Gasteiger partial charge on any atom is 0.191 e. The molecule has 6 nitrogen and oxygen atoms in total. The summed E-state index contributed by atoms with van der Waals surface area (Å²) >= 11 is 0. The molecule has 0 spiro atoms. The summed E-state index contributed by atoms with van der Waals surface area (Å²) < 4.78 is 1.87. The number of aromatic nitrogens is 2. The molecule has 1 fully saturated rings. The monoisotopic (exact) mass is 320 g/mol. The Morgan fingerprint density at radius 3 is 2.91 bits per heavy atom. The Balaban J connectivity index is 1.80. The molecule has 2 N–H and O–H groups in total. The molecular formula is C17H32N6. The standard InChI is InChI=1S/C17H32N6/c1-4-15-8-6-7-12-23(15)13-11-19-17(18-5-2)20-14-16-9-10-21-22(16)3/h9-10,15H,4-8,11-14H2,1-3H3,(H2,18,19,20). The van der Waals surface area contributed by atoms with Gasteiger partial charge in [-0.05, 0) is 38.8 Å². The van der Waals surface area contributed by atoms with Crippen molar-refractivity contribution < 1.29 is 0 Å². The molecule has 0 bridgehead atoms. The van der Waals surface area contributed by atoms with Crippen molar-refractivity contribution in [3.8, 4) is 0 Å². The van der Waals surface area contributed by atoms with Crippen molar-refractivity contribution >= 4 is 5.96 Å². The largest absolute Gasteiger partial charge is 0.357 e. The minimum atomic E-state index is 0.646. The summed E-state index contributed by atoms with van der Waals surface area (Å²) in [6, 6.07) is 2.77. The highest BCUT2D eigenvalue weighted by molar-refractivity contribution is 5.79.